The Morgan fingerprint density at radius 2 is 2.00 bits per heavy atom. The molecule has 0 spiro atoms. The van der Waals surface area contributed by atoms with Crippen molar-refractivity contribution in [2.75, 3.05) is 62.4 Å². The first-order chi connectivity index (χ1) is 19.3. The fourth-order valence-corrected chi connectivity index (χ4v) is 5.85. The van der Waals surface area contributed by atoms with Crippen LogP contribution >= 0.6 is 0 Å². The van der Waals surface area contributed by atoms with Crippen LogP contribution in [-0.4, -0.2) is 79.5 Å². The molecule has 2 unspecified atom stereocenters. The number of hydrogen-bond donors (Lipinski definition) is 3. The Bertz CT molecular complexity index is 1440. The molecule has 40 heavy (non-hydrogen) atoms. The molecule has 2 saturated heterocycles. The molecule has 0 radical (unpaired) electrons. The quantitative estimate of drug-likeness (QED) is 0.400. The third-order valence-corrected chi connectivity index (χ3v) is 7.68. The van der Waals surface area contributed by atoms with Gasteiger partial charge in [-0.1, -0.05) is 0 Å². The van der Waals surface area contributed by atoms with E-state index in [1.54, 1.807) is 23.2 Å². The number of nitrogens with two attached hydrogens (primary N) is 1. The number of aromatic nitrogens is 2. The lowest BCUT2D eigenvalue weighted by Crippen LogP contribution is -2.57. The molecule has 6 rings (SSSR count). The number of ether oxygens (including phenoxy) is 3. The van der Waals surface area contributed by atoms with E-state index < -0.39 is 24.4 Å². The van der Waals surface area contributed by atoms with Crippen molar-refractivity contribution in [2.45, 2.75) is 19.5 Å². The summed E-state index contributed by atoms with van der Waals surface area (Å²) in [6, 6.07) is 3.23. The van der Waals surface area contributed by atoms with Gasteiger partial charge in [0.15, 0.2) is 5.82 Å². The van der Waals surface area contributed by atoms with Gasteiger partial charge in [-0.25, -0.2) is 27.9 Å². The van der Waals surface area contributed by atoms with Crippen LogP contribution in [0, 0.1) is 24.6 Å². The van der Waals surface area contributed by atoms with Gasteiger partial charge in [0.2, 0.25) is 5.88 Å². The van der Waals surface area contributed by atoms with Crippen molar-refractivity contribution in [3.8, 4) is 17.0 Å². The number of carbonyl (C=O) groups is 1. The molecule has 3 aliphatic heterocycles. The SMILES string of the molecule is Cc1c(-c2cc3cc(NC(=O)OC4C5COCC4CN(CC(F)F)C5)ncc3c(N)c2F)cnc2c1NCCO2. The predicted octanol–water partition coefficient (Wildman–Crippen LogP) is 3.89. The summed E-state index contributed by atoms with van der Waals surface area (Å²) in [6.07, 6.45) is -0.659. The molecule has 5 heterocycles. The van der Waals surface area contributed by atoms with Crippen molar-refractivity contribution < 1.29 is 32.2 Å². The summed E-state index contributed by atoms with van der Waals surface area (Å²) < 4.78 is 58.1. The zero-order valence-electron chi connectivity index (χ0n) is 21.8. The summed E-state index contributed by atoms with van der Waals surface area (Å²) in [5.41, 5.74) is 8.38. The van der Waals surface area contributed by atoms with Crippen LogP contribution in [0.4, 0.5) is 35.2 Å². The van der Waals surface area contributed by atoms with Crippen LogP contribution in [0.3, 0.4) is 0 Å². The lowest BCUT2D eigenvalue weighted by Gasteiger charge is -2.46. The molecular formula is C27H29F3N6O4. The van der Waals surface area contributed by atoms with E-state index in [1.165, 1.54) is 6.20 Å². The third kappa shape index (κ3) is 4.94. The van der Waals surface area contributed by atoms with E-state index in [0.29, 0.717) is 67.4 Å². The van der Waals surface area contributed by atoms with Gasteiger partial charge >= 0.3 is 6.09 Å². The van der Waals surface area contributed by atoms with Gasteiger partial charge in [-0.3, -0.25) is 10.2 Å². The lowest BCUT2D eigenvalue weighted by molar-refractivity contribution is -0.128. The minimum absolute atomic E-state index is 0.0705. The smallest absolute Gasteiger partial charge is 0.413 e. The summed E-state index contributed by atoms with van der Waals surface area (Å²) in [5.74, 6) is -0.351. The number of anilines is 3. The first-order valence-corrected chi connectivity index (χ1v) is 13.1. The average Bonchev–Trinajstić information content (AvgIpc) is 2.91. The maximum atomic E-state index is 15.4. The first kappa shape index (κ1) is 26.4. The summed E-state index contributed by atoms with van der Waals surface area (Å²) in [6.45, 7) is 4.02. The number of alkyl halides is 2. The maximum Gasteiger partial charge on any atom is 0.413 e. The molecule has 2 bridgehead atoms. The number of amides is 1. The van der Waals surface area contributed by atoms with Crippen LogP contribution in [-0.2, 0) is 9.47 Å². The number of carbonyl (C=O) groups excluding carboxylic acids is 1. The van der Waals surface area contributed by atoms with E-state index >= 15 is 4.39 Å². The van der Waals surface area contributed by atoms with E-state index in [-0.39, 0.29) is 35.4 Å². The normalized spacial score (nSPS) is 22.4. The molecule has 2 aromatic heterocycles. The summed E-state index contributed by atoms with van der Waals surface area (Å²) in [7, 11) is 0. The Morgan fingerprint density at radius 1 is 1.23 bits per heavy atom. The molecule has 0 saturated carbocycles. The van der Waals surface area contributed by atoms with Crippen LogP contribution < -0.4 is 21.1 Å². The molecule has 1 amide bonds. The van der Waals surface area contributed by atoms with Gasteiger partial charge < -0.3 is 25.3 Å². The molecule has 10 nitrogen and oxygen atoms in total. The van der Waals surface area contributed by atoms with Gasteiger partial charge in [-0.15, -0.1) is 0 Å². The maximum absolute atomic E-state index is 15.4. The number of pyridine rings is 2. The van der Waals surface area contributed by atoms with Crippen LogP contribution in [0.1, 0.15) is 5.56 Å². The van der Waals surface area contributed by atoms with Gasteiger partial charge in [-0.2, -0.15) is 0 Å². The number of nitrogen functional groups attached to an aromatic ring is 1. The largest absolute Gasteiger partial charge is 0.474 e. The highest BCUT2D eigenvalue weighted by molar-refractivity contribution is 5.99. The number of fused-ring (bicyclic) bond motifs is 4. The van der Waals surface area contributed by atoms with Crippen LogP contribution in [0.25, 0.3) is 21.9 Å². The third-order valence-electron chi connectivity index (χ3n) is 7.68. The highest BCUT2D eigenvalue weighted by atomic mass is 19.3. The highest BCUT2D eigenvalue weighted by Crippen LogP contribution is 2.39. The van der Waals surface area contributed by atoms with E-state index in [1.807, 2.05) is 6.92 Å². The standard InChI is InChI=1S/C27H29F3N6O4/c1-13-18(6-34-26-24(13)32-2-3-39-26)17-4-14-5-21(33-7-19(14)23(31)22(17)30)35-27(37)40-25-15-8-36(10-20(28)29)9-16(25)12-38-11-15/h4-7,15-16,20,25,32H,2-3,8-12,31H2,1H3,(H,33,35,37). The number of halogens is 3. The Morgan fingerprint density at radius 3 is 2.75 bits per heavy atom. The van der Waals surface area contributed by atoms with Gasteiger partial charge in [-0.05, 0) is 30.0 Å². The van der Waals surface area contributed by atoms with Crippen molar-refractivity contribution in [1.29, 1.82) is 0 Å². The van der Waals surface area contributed by atoms with Crippen molar-refractivity contribution in [1.82, 2.24) is 14.9 Å². The topological polar surface area (TPSA) is 124 Å². The van der Waals surface area contributed by atoms with Gasteiger partial charge in [0, 0.05) is 60.4 Å². The number of hydrogen-bond acceptors (Lipinski definition) is 9. The van der Waals surface area contributed by atoms with Crippen molar-refractivity contribution in [3.63, 3.8) is 0 Å². The highest BCUT2D eigenvalue weighted by Gasteiger charge is 2.43. The zero-order valence-corrected chi connectivity index (χ0v) is 21.8. The van der Waals surface area contributed by atoms with Crippen molar-refractivity contribution in [3.05, 3.63) is 35.9 Å². The van der Waals surface area contributed by atoms with E-state index in [2.05, 4.69) is 20.6 Å². The Balaban J connectivity index is 1.23. The second-order valence-electron chi connectivity index (χ2n) is 10.4. The Kier molecular flexibility index (Phi) is 7.00. The molecule has 1 aromatic carbocycles. The number of likely N-dealkylation sites (tertiary alicyclic amines) is 1. The van der Waals surface area contributed by atoms with Gasteiger partial charge in [0.25, 0.3) is 6.43 Å². The molecule has 13 heteroatoms. The molecular weight excluding hydrogens is 529 g/mol. The lowest BCUT2D eigenvalue weighted by atomic mass is 9.84. The molecule has 4 N–H and O–H groups in total. The molecule has 3 aliphatic rings. The van der Waals surface area contributed by atoms with E-state index in [0.717, 1.165) is 5.56 Å². The number of piperidine rings is 1. The number of benzene rings is 1. The molecule has 2 atom stereocenters. The number of rotatable bonds is 5. The predicted molar refractivity (Wildman–Crippen MR) is 142 cm³/mol. The first-order valence-electron chi connectivity index (χ1n) is 13.1. The number of nitrogens with one attached hydrogen (secondary N) is 2. The summed E-state index contributed by atoms with van der Waals surface area (Å²) >= 11 is 0. The molecule has 212 valence electrons. The van der Waals surface area contributed by atoms with Crippen molar-refractivity contribution in [2.24, 2.45) is 11.8 Å². The van der Waals surface area contributed by atoms with Crippen LogP contribution in [0.15, 0.2) is 24.5 Å². The molecule has 3 aromatic rings. The summed E-state index contributed by atoms with van der Waals surface area (Å²) in [5, 5.41) is 6.84. The van der Waals surface area contributed by atoms with Crippen LogP contribution in [0.5, 0.6) is 5.88 Å². The molecule has 2 fully saturated rings. The van der Waals surface area contributed by atoms with E-state index in [9.17, 15) is 13.6 Å². The Labute approximate surface area is 228 Å². The minimum Gasteiger partial charge on any atom is -0.474 e. The number of nitrogens with zero attached hydrogens (tertiary/aromatic N) is 3. The molecule has 0 aliphatic carbocycles. The second kappa shape index (κ2) is 10.6. The van der Waals surface area contributed by atoms with Gasteiger partial charge in [0.05, 0.1) is 25.4 Å². The Hall–Kier alpha value is -3.84. The van der Waals surface area contributed by atoms with Crippen molar-refractivity contribution >= 4 is 34.1 Å². The monoisotopic (exact) mass is 558 g/mol. The minimum atomic E-state index is -2.43. The average molecular weight is 559 g/mol. The van der Waals surface area contributed by atoms with E-state index in [4.69, 9.17) is 19.9 Å². The fraction of sp³-hybridized carbons (Fsp3) is 0.444. The fourth-order valence-electron chi connectivity index (χ4n) is 5.85. The van der Waals surface area contributed by atoms with Crippen LogP contribution in [0.2, 0.25) is 0 Å². The van der Waals surface area contributed by atoms with Gasteiger partial charge in [0.1, 0.15) is 24.2 Å². The zero-order chi connectivity index (χ0) is 28.0. The summed E-state index contributed by atoms with van der Waals surface area (Å²) in [4.78, 5) is 23.1. The second-order valence-corrected chi connectivity index (χ2v) is 10.4.